The first-order chi connectivity index (χ1) is 11.1. The lowest BCUT2D eigenvalue weighted by atomic mass is 9.79. The molecule has 0 aromatic heterocycles. The molecule has 0 aliphatic carbocycles. The summed E-state index contributed by atoms with van der Waals surface area (Å²) < 4.78 is 32.0. The predicted octanol–water partition coefficient (Wildman–Crippen LogP) is 2.45. The summed E-state index contributed by atoms with van der Waals surface area (Å²) in [7, 11) is 1.67. The van der Waals surface area contributed by atoms with Crippen LogP contribution in [0, 0.1) is 17.0 Å². The van der Waals surface area contributed by atoms with Crippen LogP contribution < -0.4 is 10.6 Å². The van der Waals surface area contributed by atoms with Crippen LogP contribution in [0.3, 0.4) is 0 Å². The van der Waals surface area contributed by atoms with Crippen molar-refractivity contribution >= 4 is 18.3 Å². The van der Waals surface area contributed by atoms with Crippen LogP contribution in [0.25, 0.3) is 0 Å². The third-order valence-corrected chi connectivity index (χ3v) is 4.43. The van der Waals surface area contributed by atoms with Crippen LogP contribution in [0.4, 0.5) is 8.78 Å². The molecule has 0 spiro atoms. The molecule has 2 rings (SSSR count). The number of aryl methyl sites for hydroxylation is 1. The summed E-state index contributed by atoms with van der Waals surface area (Å²) in [5, 5.41) is 6.22. The Morgan fingerprint density at radius 1 is 1.33 bits per heavy atom. The Morgan fingerprint density at radius 2 is 2.04 bits per heavy atom. The number of nitrogens with one attached hydrogen (secondary N) is 2. The lowest BCUT2D eigenvalue weighted by Gasteiger charge is -2.37. The minimum Gasteiger partial charge on any atom is -0.384 e. The predicted molar refractivity (Wildman–Crippen MR) is 91.3 cm³/mol. The minimum atomic E-state index is -0.878. The van der Waals surface area contributed by atoms with Crippen molar-refractivity contribution in [3.8, 4) is 0 Å². The number of piperidine rings is 1. The number of carbonyl (C=O) groups excluding carboxylic acids is 1. The summed E-state index contributed by atoms with van der Waals surface area (Å²) in [6.07, 6.45) is 2.22. The van der Waals surface area contributed by atoms with E-state index in [1.54, 1.807) is 7.11 Å². The molecule has 0 saturated carbocycles. The number of hydrogen-bond donors (Lipinski definition) is 2. The second-order valence-electron chi connectivity index (χ2n) is 6.17. The Morgan fingerprint density at radius 3 is 2.71 bits per heavy atom. The van der Waals surface area contributed by atoms with Crippen LogP contribution >= 0.6 is 12.4 Å². The molecule has 0 bridgehead atoms. The lowest BCUT2D eigenvalue weighted by molar-refractivity contribution is -0.122. The van der Waals surface area contributed by atoms with Crippen LogP contribution in [0.2, 0.25) is 0 Å². The summed E-state index contributed by atoms with van der Waals surface area (Å²) in [5.41, 5.74) is 0.188. The van der Waals surface area contributed by atoms with Crippen molar-refractivity contribution in [3.63, 3.8) is 0 Å². The van der Waals surface area contributed by atoms with Crippen molar-refractivity contribution in [2.75, 3.05) is 33.4 Å². The zero-order chi connectivity index (χ0) is 16.7. The molecular weight excluding hydrogens is 338 g/mol. The number of ether oxygens (including phenoxy) is 1. The van der Waals surface area contributed by atoms with Crippen molar-refractivity contribution in [1.29, 1.82) is 0 Å². The maximum atomic E-state index is 13.6. The quantitative estimate of drug-likeness (QED) is 0.783. The highest BCUT2D eigenvalue weighted by Crippen LogP contribution is 2.28. The van der Waals surface area contributed by atoms with Gasteiger partial charge in [-0.1, -0.05) is 12.1 Å². The smallest absolute Gasteiger partial charge is 0.220 e. The van der Waals surface area contributed by atoms with Gasteiger partial charge in [0.1, 0.15) is 0 Å². The van der Waals surface area contributed by atoms with Gasteiger partial charge in [-0.15, -0.1) is 12.4 Å². The van der Waals surface area contributed by atoms with E-state index in [0.29, 0.717) is 13.2 Å². The highest BCUT2D eigenvalue weighted by Gasteiger charge is 2.32. The zero-order valence-corrected chi connectivity index (χ0v) is 14.7. The summed E-state index contributed by atoms with van der Waals surface area (Å²) in [6, 6.07) is 4.03. The van der Waals surface area contributed by atoms with E-state index in [9.17, 15) is 13.6 Å². The monoisotopic (exact) mass is 362 g/mol. The first-order valence-electron chi connectivity index (χ1n) is 7.96. The maximum Gasteiger partial charge on any atom is 0.220 e. The van der Waals surface area contributed by atoms with Crippen molar-refractivity contribution in [2.24, 2.45) is 5.41 Å². The fourth-order valence-corrected chi connectivity index (χ4v) is 3.00. The fraction of sp³-hybridized carbons (Fsp3) is 0.588. The van der Waals surface area contributed by atoms with E-state index in [0.717, 1.165) is 32.0 Å². The summed E-state index contributed by atoms with van der Waals surface area (Å²) in [6.45, 7) is 2.97. The second-order valence-corrected chi connectivity index (χ2v) is 6.17. The molecule has 1 aliphatic heterocycles. The van der Waals surface area contributed by atoms with Gasteiger partial charge in [-0.05, 0) is 44.0 Å². The van der Waals surface area contributed by atoms with Crippen molar-refractivity contribution < 1.29 is 18.3 Å². The molecule has 1 saturated heterocycles. The van der Waals surface area contributed by atoms with Gasteiger partial charge in [-0.3, -0.25) is 4.79 Å². The largest absolute Gasteiger partial charge is 0.384 e. The standard InChI is InChI=1S/C17H24F2N2O2.ClH/c1-23-12-17(7-9-20-10-8-17)11-21-15(22)6-5-13-3-2-4-14(18)16(13)19;/h2-4,20H,5-12H2,1H3,(H,21,22);1H. The Balaban J connectivity index is 0.00000288. The van der Waals surface area contributed by atoms with Crippen LogP contribution in [0.15, 0.2) is 18.2 Å². The highest BCUT2D eigenvalue weighted by atomic mass is 35.5. The molecule has 1 aromatic rings. The molecule has 136 valence electrons. The van der Waals surface area contributed by atoms with Crippen molar-refractivity contribution in [3.05, 3.63) is 35.4 Å². The molecule has 4 nitrogen and oxygen atoms in total. The number of rotatable bonds is 7. The Labute approximate surface area is 147 Å². The SMILES string of the molecule is COCC1(CNC(=O)CCc2cccc(F)c2F)CCNCC1.Cl. The molecule has 1 heterocycles. The molecule has 2 N–H and O–H groups in total. The number of carbonyl (C=O) groups is 1. The van der Waals surface area contributed by atoms with Gasteiger partial charge in [0.2, 0.25) is 5.91 Å². The topological polar surface area (TPSA) is 50.4 Å². The van der Waals surface area contributed by atoms with Crippen LogP contribution in [-0.2, 0) is 16.0 Å². The van der Waals surface area contributed by atoms with Gasteiger partial charge in [0.15, 0.2) is 11.6 Å². The second kappa shape index (κ2) is 9.91. The molecule has 1 aromatic carbocycles. The Bertz CT molecular complexity index is 532. The summed E-state index contributed by atoms with van der Waals surface area (Å²) in [5.74, 6) is -1.89. The molecule has 7 heteroatoms. The lowest BCUT2D eigenvalue weighted by Crippen LogP contribution is -2.47. The molecule has 24 heavy (non-hydrogen) atoms. The molecule has 0 unspecified atom stereocenters. The van der Waals surface area contributed by atoms with Gasteiger partial charge in [0, 0.05) is 25.5 Å². The fourth-order valence-electron chi connectivity index (χ4n) is 3.00. The first kappa shape index (κ1) is 20.8. The normalized spacial score (nSPS) is 16.3. The first-order valence-corrected chi connectivity index (χ1v) is 7.96. The Hall–Kier alpha value is -1.24. The number of benzene rings is 1. The minimum absolute atomic E-state index is 0. The van der Waals surface area contributed by atoms with Gasteiger partial charge in [0.05, 0.1) is 6.61 Å². The number of halogens is 3. The van der Waals surface area contributed by atoms with Gasteiger partial charge in [0.25, 0.3) is 0 Å². The molecule has 1 aliphatic rings. The molecule has 0 atom stereocenters. The number of hydrogen-bond acceptors (Lipinski definition) is 3. The van der Waals surface area contributed by atoms with Crippen LogP contribution in [0.1, 0.15) is 24.8 Å². The number of amides is 1. The summed E-state index contributed by atoms with van der Waals surface area (Å²) >= 11 is 0. The van der Waals surface area contributed by atoms with E-state index in [4.69, 9.17) is 4.74 Å². The zero-order valence-electron chi connectivity index (χ0n) is 13.9. The summed E-state index contributed by atoms with van der Waals surface area (Å²) in [4.78, 5) is 12.0. The van der Waals surface area contributed by atoms with Crippen LogP contribution in [-0.4, -0.2) is 39.3 Å². The van der Waals surface area contributed by atoms with E-state index in [1.807, 2.05) is 0 Å². The van der Waals surface area contributed by atoms with E-state index in [2.05, 4.69) is 10.6 Å². The van der Waals surface area contributed by atoms with E-state index in [1.165, 1.54) is 12.1 Å². The number of methoxy groups -OCH3 is 1. The maximum absolute atomic E-state index is 13.6. The van der Waals surface area contributed by atoms with Crippen LogP contribution in [0.5, 0.6) is 0 Å². The third-order valence-electron chi connectivity index (χ3n) is 4.43. The van der Waals surface area contributed by atoms with Crippen molar-refractivity contribution in [1.82, 2.24) is 10.6 Å². The van der Waals surface area contributed by atoms with Gasteiger partial charge in [-0.2, -0.15) is 0 Å². The molecular formula is C17H25ClF2N2O2. The van der Waals surface area contributed by atoms with Crippen molar-refractivity contribution in [2.45, 2.75) is 25.7 Å². The van der Waals surface area contributed by atoms with Gasteiger partial charge in [-0.25, -0.2) is 8.78 Å². The molecule has 1 amide bonds. The van der Waals surface area contributed by atoms with E-state index in [-0.39, 0.29) is 42.1 Å². The van der Waals surface area contributed by atoms with Gasteiger partial charge >= 0.3 is 0 Å². The average Bonchev–Trinajstić information content (AvgIpc) is 2.55. The average molecular weight is 363 g/mol. The van der Waals surface area contributed by atoms with Gasteiger partial charge < -0.3 is 15.4 Å². The van der Waals surface area contributed by atoms with E-state index >= 15 is 0 Å². The molecule has 1 fully saturated rings. The third kappa shape index (κ3) is 5.69. The highest BCUT2D eigenvalue weighted by molar-refractivity contribution is 5.85. The Kier molecular flexibility index (Phi) is 8.59. The molecule has 0 radical (unpaired) electrons. The van der Waals surface area contributed by atoms with E-state index < -0.39 is 11.6 Å².